The number of aryl methyl sites for hydroxylation is 1. The molecule has 1 saturated carbocycles. The monoisotopic (exact) mass is 642 g/mol. The summed E-state index contributed by atoms with van der Waals surface area (Å²) in [6.07, 6.45) is 0.550. The van der Waals surface area contributed by atoms with E-state index in [1.54, 1.807) is 7.11 Å². The van der Waals surface area contributed by atoms with E-state index < -0.39 is 30.0 Å². The molecule has 2 aromatic carbocycles. The number of benzene rings is 2. The molecule has 1 heterocycles. The van der Waals surface area contributed by atoms with E-state index in [4.69, 9.17) is 4.74 Å². The summed E-state index contributed by atoms with van der Waals surface area (Å²) in [6, 6.07) is 20.6. The predicted octanol–water partition coefficient (Wildman–Crippen LogP) is 6.36. The second-order valence-corrected chi connectivity index (χ2v) is 11.7. The van der Waals surface area contributed by atoms with E-state index in [2.05, 4.69) is 46.8 Å². The first kappa shape index (κ1) is 36.3. The second-order valence-electron chi connectivity index (χ2n) is 11.7. The summed E-state index contributed by atoms with van der Waals surface area (Å²) in [5, 5.41) is 6.46. The molecule has 4 rings (SSSR count). The summed E-state index contributed by atoms with van der Waals surface area (Å²) in [5.74, 6) is -0.354. The van der Waals surface area contributed by atoms with Crippen LogP contribution in [0.5, 0.6) is 5.75 Å². The lowest BCUT2D eigenvalue weighted by atomic mass is 9.76. The standard InChI is InChI=1S/C28H37F3N4O4.C7H8/c1-35(16-7-13-28(29,30)31)26(38)20-17-23(34-24(36)18-20)25(37)32-14-8-15-33-27(11-4-3-5-12-27)21-9-6-10-22(19-21)39-2;1-7-5-3-2-4-6-7/h6,9-10,17-19,33H,3-5,7-8,11-16H2,1-2H3,(H,32,37)(H,34,36);2-6H,1H3. The van der Waals surface area contributed by atoms with Gasteiger partial charge in [0.2, 0.25) is 5.56 Å². The van der Waals surface area contributed by atoms with Crippen LogP contribution >= 0.6 is 0 Å². The molecular weight excluding hydrogens is 597 g/mol. The van der Waals surface area contributed by atoms with Gasteiger partial charge in [0.15, 0.2) is 0 Å². The summed E-state index contributed by atoms with van der Waals surface area (Å²) >= 11 is 0. The van der Waals surface area contributed by atoms with Crippen LogP contribution in [0.3, 0.4) is 0 Å². The largest absolute Gasteiger partial charge is 0.497 e. The number of aromatic nitrogens is 1. The maximum absolute atomic E-state index is 12.7. The first-order valence-electron chi connectivity index (χ1n) is 15.7. The van der Waals surface area contributed by atoms with Crippen molar-refractivity contribution < 1.29 is 27.5 Å². The molecule has 0 bridgehead atoms. The zero-order chi connectivity index (χ0) is 33.6. The molecule has 11 heteroatoms. The van der Waals surface area contributed by atoms with E-state index in [0.717, 1.165) is 42.4 Å². The topological polar surface area (TPSA) is 104 Å². The zero-order valence-corrected chi connectivity index (χ0v) is 26.8. The Morgan fingerprint density at radius 2 is 1.67 bits per heavy atom. The number of hydrogen-bond donors (Lipinski definition) is 3. The number of ether oxygens (including phenoxy) is 1. The van der Waals surface area contributed by atoms with Crippen LogP contribution in [-0.4, -0.2) is 61.7 Å². The first-order valence-corrected chi connectivity index (χ1v) is 15.7. The van der Waals surface area contributed by atoms with Gasteiger partial charge in [0.05, 0.1) is 7.11 Å². The molecule has 0 spiro atoms. The third-order valence-electron chi connectivity index (χ3n) is 8.01. The molecule has 3 N–H and O–H groups in total. The van der Waals surface area contributed by atoms with E-state index in [1.165, 1.54) is 30.7 Å². The van der Waals surface area contributed by atoms with Crippen molar-refractivity contribution in [3.05, 3.63) is 99.5 Å². The number of rotatable bonds is 12. The third-order valence-corrected chi connectivity index (χ3v) is 8.01. The van der Waals surface area contributed by atoms with Gasteiger partial charge in [-0.15, -0.1) is 0 Å². The number of methoxy groups -OCH3 is 1. The summed E-state index contributed by atoms with van der Waals surface area (Å²) in [4.78, 5) is 40.9. The maximum Gasteiger partial charge on any atom is 0.389 e. The van der Waals surface area contributed by atoms with Gasteiger partial charge in [-0.05, 0) is 62.9 Å². The van der Waals surface area contributed by atoms with Crippen molar-refractivity contribution in [2.75, 3.05) is 33.8 Å². The van der Waals surface area contributed by atoms with Crippen LogP contribution in [0.2, 0.25) is 0 Å². The molecule has 1 aromatic heterocycles. The fraction of sp³-hybridized carbons (Fsp3) is 0.457. The minimum atomic E-state index is -4.30. The molecular formula is C35H45F3N4O4. The Kier molecular flexibility index (Phi) is 13.9. The molecule has 8 nitrogen and oxygen atoms in total. The molecule has 3 aromatic rings. The summed E-state index contributed by atoms with van der Waals surface area (Å²) < 4.78 is 42.6. The SMILES string of the molecule is COc1cccc(C2(NCCCNC(=O)c3cc(C(=O)N(C)CCCC(F)(F)F)cc(=O)[nH]3)CCCCC2)c1.Cc1ccccc1. The van der Waals surface area contributed by atoms with Crippen molar-refractivity contribution in [2.45, 2.75) is 70.0 Å². The Morgan fingerprint density at radius 3 is 2.30 bits per heavy atom. The zero-order valence-electron chi connectivity index (χ0n) is 26.8. The Morgan fingerprint density at radius 1 is 0.957 bits per heavy atom. The quantitative estimate of drug-likeness (QED) is 0.200. The number of amides is 2. The van der Waals surface area contributed by atoms with Gasteiger partial charge in [-0.3, -0.25) is 14.4 Å². The van der Waals surface area contributed by atoms with E-state index in [-0.39, 0.29) is 29.8 Å². The molecule has 1 aliphatic carbocycles. The van der Waals surface area contributed by atoms with Gasteiger partial charge >= 0.3 is 6.18 Å². The van der Waals surface area contributed by atoms with Gasteiger partial charge in [0.1, 0.15) is 11.4 Å². The van der Waals surface area contributed by atoms with Gasteiger partial charge in [-0.25, -0.2) is 0 Å². The molecule has 0 radical (unpaired) electrons. The number of nitrogens with one attached hydrogen (secondary N) is 3. The number of carbonyl (C=O) groups is 2. The Hall–Kier alpha value is -4.12. The highest BCUT2D eigenvalue weighted by atomic mass is 19.4. The fourth-order valence-electron chi connectivity index (χ4n) is 5.52. The number of H-pyrrole nitrogens is 1. The summed E-state index contributed by atoms with van der Waals surface area (Å²) in [6.45, 7) is 2.96. The fourth-order valence-corrected chi connectivity index (χ4v) is 5.52. The Balaban J connectivity index is 0.000000724. The highest BCUT2D eigenvalue weighted by Crippen LogP contribution is 2.38. The van der Waals surface area contributed by atoms with Crippen molar-refractivity contribution in [1.82, 2.24) is 20.5 Å². The summed E-state index contributed by atoms with van der Waals surface area (Å²) in [7, 11) is 3.01. The van der Waals surface area contributed by atoms with Crippen molar-refractivity contribution in [1.29, 1.82) is 0 Å². The number of pyridine rings is 1. The van der Waals surface area contributed by atoms with Crippen molar-refractivity contribution in [2.24, 2.45) is 0 Å². The molecule has 2 amide bonds. The molecule has 46 heavy (non-hydrogen) atoms. The van der Waals surface area contributed by atoms with Gasteiger partial charge in [-0.2, -0.15) is 13.2 Å². The summed E-state index contributed by atoms with van der Waals surface area (Å²) in [5.41, 5.74) is 1.58. The van der Waals surface area contributed by atoms with Crippen LogP contribution in [0.1, 0.15) is 83.3 Å². The number of aromatic amines is 1. The second kappa shape index (κ2) is 17.5. The number of nitrogens with zero attached hydrogens (tertiary/aromatic N) is 1. The first-order chi connectivity index (χ1) is 21.9. The van der Waals surface area contributed by atoms with E-state index in [9.17, 15) is 27.6 Å². The van der Waals surface area contributed by atoms with Crippen LogP contribution in [0.4, 0.5) is 13.2 Å². The minimum Gasteiger partial charge on any atom is -0.497 e. The highest BCUT2D eigenvalue weighted by Gasteiger charge is 2.33. The molecule has 0 saturated heterocycles. The third kappa shape index (κ3) is 11.7. The molecule has 0 aliphatic heterocycles. The molecule has 250 valence electrons. The van der Waals surface area contributed by atoms with Gasteiger partial charge in [0.25, 0.3) is 11.8 Å². The van der Waals surface area contributed by atoms with E-state index in [0.29, 0.717) is 19.5 Å². The smallest absolute Gasteiger partial charge is 0.389 e. The van der Waals surface area contributed by atoms with Gasteiger partial charge in [0, 0.05) is 43.7 Å². The van der Waals surface area contributed by atoms with Gasteiger partial charge < -0.3 is 25.3 Å². The van der Waals surface area contributed by atoms with Crippen LogP contribution in [0, 0.1) is 6.92 Å². The number of halogens is 3. The lowest BCUT2D eigenvalue weighted by molar-refractivity contribution is -0.135. The van der Waals surface area contributed by atoms with Crippen molar-refractivity contribution in [3.63, 3.8) is 0 Å². The van der Waals surface area contributed by atoms with Crippen molar-refractivity contribution in [3.8, 4) is 5.75 Å². The molecule has 0 atom stereocenters. The average molecular weight is 643 g/mol. The minimum absolute atomic E-state index is 0.0578. The average Bonchev–Trinajstić information content (AvgIpc) is 3.04. The number of hydrogen-bond acceptors (Lipinski definition) is 5. The lowest BCUT2D eigenvalue weighted by Crippen LogP contribution is -2.45. The molecule has 1 fully saturated rings. The molecule has 0 unspecified atom stereocenters. The number of carbonyl (C=O) groups excluding carboxylic acids is 2. The van der Waals surface area contributed by atoms with E-state index >= 15 is 0 Å². The van der Waals surface area contributed by atoms with Crippen molar-refractivity contribution >= 4 is 11.8 Å². The van der Waals surface area contributed by atoms with Crippen LogP contribution in [-0.2, 0) is 5.54 Å². The number of alkyl halides is 3. The predicted molar refractivity (Wildman–Crippen MR) is 173 cm³/mol. The highest BCUT2D eigenvalue weighted by molar-refractivity contribution is 5.98. The van der Waals surface area contributed by atoms with E-state index in [1.807, 2.05) is 30.3 Å². The van der Waals surface area contributed by atoms with Crippen LogP contribution < -0.4 is 20.9 Å². The van der Waals surface area contributed by atoms with Crippen LogP contribution in [0.15, 0.2) is 71.5 Å². The Labute approximate surface area is 268 Å². The lowest BCUT2D eigenvalue weighted by Gasteiger charge is -2.39. The normalized spacial score (nSPS) is 14.0. The maximum atomic E-state index is 12.7. The van der Waals surface area contributed by atoms with Gasteiger partial charge in [-0.1, -0.05) is 67.3 Å². The van der Waals surface area contributed by atoms with Crippen LogP contribution in [0.25, 0.3) is 0 Å². The molecule has 1 aliphatic rings. The Bertz CT molecular complexity index is 1450.